The van der Waals surface area contributed by atoms with Crippen molar-refractivity contribution in [2.75, 3.05) is 0 Å². The molecule has 88 valence electrons. The van der Waals surface area contributed by atoms with Crippen LogP contribution < -0.4 is 0 Å². The molecule has 1 heterocycles. The van der Waals surface area contributed by atoms with Gasteiger partial charge in [-0.2, -0.15) is 4.98 Å². The number of benzene rings is 1. The van der Waals surface area contributed by atoms with Crippen LogP contribution in [0.3, 0.4) is 0 Å². The zero-order chi connectivity index (χ0) is 12.3. The minimum absolute atomic E-state index is 0.173. The van der Waals surface area contributed by atoms with Crippen LogP contribution in [0, 0.1) is 0 Å². The number of carbonyl (C=O) groups is 1. The van der Waals surface area contributed by atoms with Crippen molar-refractivity contribution in [3.05, 3.63) is 48.1 Å². The zero-order valence-electron chi connectivity index (χ0n) is 9.33. The molecular formula is C12H12N2O3. The highest BCUT2D eigenvalue weighted by Crippen LogP contribution is 2.27. The molecule has 0 saturated heterocycles. The second-order valence-corrected chi connectivity index (χ2v) is 4.02. The summed E-state index contributed by atoms with van der Waals surface area (Å²) >= 11 is 0. The Kier molecular flexibility index (Phi) is 2.91. The lowest BCUT2D eigenvalue weighted by atomic mass is 9.79. The lowest BCUT2D eigenvalue weighted by Crippen LogP contribution is -2.34. The van der Waals surface area contributed by atoms with Gasteiger partial charge in [0.05, 0.1) is 5.41 Å². The van der Waals surface area contributed by atoms with E-state index in [1.165, 1.54) is 6.33 Å². The minimum Gasteiger partial charge on any atom is -0.481 e. The molecule has 0 amide bonds. The first kappa shape index (κ1) is 11.3. The van der Waals surface area contributed by atoms with Gasteiger partial charge in [-0.25, -0.2) is 0 Å². The molecule has 0 radical (unpaired) electrons. The molecule has 1 unspecified atom stereocenters. The average molecular weight is 232 g/mol. The molecule has 0 fully saturated rings. The Morgan fingerprint density at radius 3 is 2.65 bits per heavy atom. The third-order valence-electron chi connectivity index (χ3n) is 2.79. The van der Waals surface area contributed by atoms with Gasteiger partial charge in [-0.3, -0.25) is 4.79 Å². The smallest absolute Gasteiger partial charge is 0.314 e. The summed E-state index contributed by atoms with van der Waals surface area (Å²) in [7, 11) is 0. The first-order valence-corrected chi connectivity index (χ1v) is 5.17. The molecule has 0 spiro atoms. The largest absolute Gasteiger partial charge is 0.481 e. The van der Waals surface area contributed by atoms with Crippen molar-refractivity contribution >= 4 is 5.97 Å². The molecule has 0 saturated carbocycles. The Bertz CT molecular complexity index is 496. The third-order valence-corrected chi connectivity index (χ3v) is 2.79. The highest BCUT2D eigenvalue weighted by atomic mass is 16.5. The van der Waals surface area contributed by atoms with Crippen LogP contribution in [0.2, 0.25) is 0 Å². The topological polar surface area (TPSA) is 76.2 Å². The van der Waals surface area contributed by atoms with Gasteiger partial charge in [0, 0.05) is 6.42 Å². The summed E-state index contributed by atoms with van der Waals surface area (Å²) < 4.78 is 4.88. The fourth-order valence-electron chi connectivity index (χ4n) is 1.68. The maximum absolute atomic E-state index is 11.5. The van der Waals surface area contributed by atoms with Gasteiger partial charge in [-0.15, -0.1) is 0 Å². The van der Waals surface area contributed by atoms with Crippen LogP contribution in [-0.4, -0.2) is 21.2 Å². The molecule has 1 atom stereocenters. The molecule has 0 bridgehead atoms. The number of hydrogen-bond acceptors (Lipinski definition) is 4. The Hall–Kier alpha value is -2.17. The van der Waals surface area contributed by atoms with Gasteiger partial charge < -0.3 is 9.63 Å². The van der Waals surface area contributed by atoms with Crippen LogP contribution >= 0.6 is 0 Å². The fraction of sp³-hybridized carbons (Fsp3) is 0.250. The number of aliphatic carboxylic acids is 1. The summed E-state index contributed by atoms with van der Waals surface area (Å²) in [6.45, 7) is 1.65. The second-order valence-electron chi connectivity index (χ2n) is 4.02. The van der Waals surface area contributed by atoms with E-state index in [1.807, 2.05) is 18.2 Å². The van der Waals surface area contributed by atoms with E-state index in [4.69, 9.17) is 4.52 Å². The maximum atomic E-state index is 11.5. The number of carboxylic acid groups (broad SMARTS) is 1. The predicted octanol–water partition coefficient (Wildman–Crippen LogP) is 1.65. The average Bonchev–Trinajstić information content (AvgIpc) is 2.82. The summed E-state index contributed by atoms with van der Waals surface area (Å²) in [5.41, 5.74) is -0.348. The number of aromatic nitrogens is 2. The van der Waals surface area contributed by atoms with E-state index in [1.54, 1.807) is 19.1 Å². The van der Waals surface area contributed by atoms with Crippen LogP contribution in [0.1, 0.15) is 18.4 Å². The van der Waals surface area contributed by atoms with Crippen molar-refractivity contribution in [2.24, 2.45) is 0 Å². The fourth-order valence-corrected chi connectivity index (χ4v) is 1.68. The molecule has 0 aliphatic carbocycles. The third kappa shape index (κ3) is 2.18. The molecule has 5 nitrogen and oxygen atoms in total. The van der Waals surface area contributed by atoms with Gasteiger partial charge in [0.1, 0.15) is 0 Å². The van der Waals surface area contributed by atoms with E-state index in [0.29, 0.717) is 11.5 Å². The summed E-state index contributed by atoms with van der Waals surface area (Å²) in [5, 5.41) is 12.9. The van der Waals surface area contributed by atoms with Gasteiger partial charge >= 0.3 is 5.97 Å². The highest BCUT2D eigenvalue weighted by Gasteiger charge is 2.37. The van der Waals surface area contributed by atoms with Gasteiger partial charge in [-0.05, 0) is 12.5 Å². The lowest BCUT2D eigenvalue weighted by Gasteiger charge is -2.23. The Morgan fingerprint density at radius 1 is 1.41 bits per heavy atom. The molecule has 2 rings (SSSR count). The van der Waals surface area contributed by atoms with Crippen LogP contribution in [0.5, 0.6) is 0 Å². The van der Waals surface area contributed by atoms with Gasteiger partial charge in [0.2, 0.25) is 5.89 Å². The number of carboxylic acids is 1. The van der Waals surface area contributed by atoms with Crippen molar-refractivity contribution in [2.45, 2.75) is 18.8 Å². The molecule has 5 heteroatoms. The van der Waals surface area contributed by atoms with E-state index in [-0.39, 0.29) is 6.42 Å². The quantitative estimate of drug-likeness (QED) is 0.867. The van der Waals surface area contributed by atoms with Crippen LogP contribution in [0.4, 0.5) is 0 Å². The van der Waals surface area contributed by atoms with Crippen molar-refractivity contribution < 1.29 is 14.4 Å². The molecule has 1 aromatic heterocycles. The summed E-state index contributed by atoms with van der Waals surface area (Å²) in [4.78, 5) is 15.3. The van der Waals surface area contributed by atoms with Crippen LogP contribution in [0.15, 0.2) is 41.2 Å². The first-order chi connectivity index (χ1) is 8.13. The van der Waals surface area contributed by atoms with E-state index in [0.717, 1.165) is 0 Å². The van der Waals surface area contributed by atoms with Crippen molar-refractivity contribution in [3.63, 3.8) is 0 Å². The summed E-state index contributed by atoms with van der Waals surface area (Å²) in [5.74, 6) is -0.597. The van der Waals surface area contributed by atoms with Gasteiger partial charge in [-0.1, -0.05) is 35.5 Å². The van der Waals surface area contributed by atoms with Crippen LogP contribution in [-0.2, 0) is 16.6 Å². The minimum atomic E-state index is -1.06. The second kappa shape index (κ2) is 4.37. The van der Waals surface area contributed by atoms with E-state index in [2.05, 4.69) is 10.1 Å². The molecule has 0 aliphatic rings. The number of nitrogens with zero attached hydrogens (tertiary/aromatic N) is 2. The number of rotatable bonds is 4. The highest BCUT2D eigenvalue weighted by molar-refractivity contribution is 5.81. The van der Waals surface area contributed by atoms with Gasteiger partial charge in [0.25, 0.3) is 0 Å². The maximum Gasteiger partial charge on any atom is 0.314 e. The predicted molar refractivity (Wildman–Crippen MR) is 59.4 cm³/mol. The monoisotopic (exact) mass is 232 g/mol. The Balaban J connectivity index is 2.37. The SMILES string of the molecule is CC(Cc1ncno1)(C(=O)O)c1ccccc1. The molecule has 0 aliphatic heterocycles. The zero-order valence-corrected chi connectivity index (χ0v) is 9.33. The normalized spacial score (nSPS) is 14.2. The Labute approximate surface area is 98.1 Å². The summed E-state index contributed by atoms with van der Waals surface area (Å²) in [6.07, 6.45) is 1.44. The van der Waals surface area contributed by atoms with Crippen molar-refractivity contribution in [1.29, 1.82) is 0 Å². The molecule has 1 aromatic carbocycles. The molecule has 1 N–H and O–H groups in total. The molecule has 17 heavy (non-hydrogen) atoms. The first-order valence-electron chi connectivity index (χ1n) is 5.17. The Morgan fingerprint density at radius 2 is 2.12 bits per heavy atom. The van der Waals surface area contributed by atoms with Crippen molar-refractivity contribution in [3.8, 4) is 0 Å². The standard InChI is InChI=1S/C12H12N2O3/c1-12(11(15)16,7-10-13-8-14-17-10)9-5-3-2-4-6-9/h2-6,8H,7H2,1H3,(H,15,16). The number of hydrogen-bond donors (Lipinski definition) is 1. The van der Waals surface area contributed by atoms with Gasteiger partial charge in [0.15, 0.2) is 6.33 Å². The van der Waals surface area contributed by atoms with Crippen LogP contribution in [0.25, 0.3) is 0 Å². The van der Waals surface area contributed by atoms with E-state index in [9.17, 15) is 9.90 Å². The van der Waals surface area contributed by atoms with E-state index < -0.39 is 11.4 Å². The van der Waals surface area contributed by atoms with Crippen molar-refractivity contribution in [1.82, 2.24) is 10.1 Å². The lowest BCUT2D eigenvalue weighted by molar-refractivity contribution is -0.143. The molecular weight excluding hydrogens is 220 g/mol. The molecule has 2 aromatic rings. The summed E-state index contributed by atoms with van der Waals surface area (Å²) in [6, 6.07) is 9.03. The van der Waals surface area contributed by atoms with E-state index >= 15 is 0 Å².